The lowest BCUT2D eigenvalue weighted by atomic mass is 10.2. The average Bonchev–Trinajstić information content (AvgIpc) is 3.20. The molecule has 2 N–H and O–H groups in total. The van der Waals surface area contributed by atoms with Gasteiger partial charge in [0.05, 0.1) is 12.6 Å². The van der Waals surface area contributed by atoms with Crippen molar-refractivity contribution in [2.24, 2.45) is 0 Å². The first-order chi connectivity index (χ1) is 15.0. The zero-order valence-corrected chi connectivity index (χ0v) is 18.2. The molecule has 0 fully saturated rings. The molecule has 7 nitrogen and oxygen atoms in total. The largest absolute Gasteiger partial charge is 0.490 e. The summed E-state index contributed by atoms with van der Waals surface area (Å²) in [4.78, 5) is 26.1. The number of amides is 3. The Balaban J connectivity index is 1.46. The highest BCUT2D eigenvalue weighted by atomic mass is 16.5. The molecule has 1 aromatic heterocycles. The molecular formula is C24H29N3O4. The van der Waals surface area contributed by atoms with Crippen LogP contribution in [0, 0.1) is 0 Å². The Hall–Kier alpha value is -3.48. The number of furan rings is 1. The lowest BCUT2D eigenvalue weighted by Crippen LogP contribution is -2.39. The van der Waals surface area contributed by atoms with E-state index in [4.69, 9.17) is 9.15 Å². The van der Waals surface area contributed by atoms with E-state index in [9.17, 15) is 9.59 Å². The first-order valence-corrected chi connectivity index (χ1v) is 10.5. The van der Waals surface area contributed by atoms with Crippen LogP contribution in [0.1, 0.15) is 37.6 Å². The highest BCUT2D eigenvalue weighted by Gasteiger charge is 2.16. The van der Waals surface area contributed by atoms with E-state index in [-0.39, 0.29) is 30.9 Å². The van der Waals surface area contributed by atoms with Gasteiger partial charge in [-0.2, -0.15) is 0 Å². The number of benzene rings is 2. The molecule has 1 unspecified atom stereocenters. The molecular weight excluding hydrogens is 394 g/mol. The number of carbonyl (C=O) groups excluding carboxylic acids is 2. The van der Waals surface area contributed by atoms with E-state index in [1.807, 2.05) is 68.4 Å². The second-order valence-corrected chi connectivity index (χ2v) is 7.37. The van der Waals surface area contributed by atoms with Crippen molar-refractivity contribution in [1.82, 2.24) is 15.5 Å². The molecule has 3 amide bonds. The van der Waals surface area contributed by atoms with Gasteiger partial charge in [0.15, 0.2) is 11.3 Å². The summed E-state index contributed by atoms with van der Waals surface area (Å²) in [6.07, 6.45) is 0.180. The van der Waals surface area contributed by atoms with Crippen LogP contribution < -0.4 is 15.4 Å². The molecule has 0 saturated heterocycles. The fourth-order valence-electron chi connectivity index (χ4n) is 3.27. The van der Waals surface area contributed by atoms with Crippen LogP contribution in [0.5, 0.6) is 5.75 Å². The van der Waals surface area contributed by atoms with E-state index in [0.29, 0.717) is 30.2 Å². The number of fused-ring (bicyclic) bond motifs is 1. The van der Waals surface area contributed by atoms with Crippen LogP contribution in [0.2, 0.25) is 0 Å². The first kappa shape index (κ1) is 22.2. The van der Waals surface area contributed by atoms with Crippen molar-refractivity contribution in [2.75, 3.05) is 20.2 Å². The maximum absolute atomic E-state index is 12.3. The Morgan fingerprint density at radius 3 is 2.65 bits per heavy atom. The molecule has 0 aliphatic heterocycles. The monoisotopic (exact) mass is 423 g/mol. The van der Waals surface area contributed by atoms with Crippen molar-refractivity contribution in [2.45, 2.75) is 32.9 Å². The van der Waals surface area contributed by atoms with Crippen LogP contribution in [-0.4, -0.2) is 37.0 Å². The molecule has 3 rings (SSSR count). The van der Waals surface area contributed by atoms with E-state index in [1.165, 1.54) is 0 Å². The van der Waals surface area contributed by atoms with Gasteiger partial charge in [-0.15, -0.1) is 0 Å². The fraction of sp³-hybridized carbons (Fsp3) is 0.333. The number of carbonyl (C=O) groups is 2. The highest BCUT2D eigenvalue weighted by molar-refractivity contribution is 5.84. The molecule has 3 aromatic rings. The zero-order chi connectivity index (χ0) is 22.2. The molecule has 0 bridgehead atoms. The molecule has 31 heavy (non-hydrogen) atoms. The number of urea groups is 1. The third-order valence-corrected chi connectivity index (χ3v) is 4.87. The van der Waals surface area contributed by atoms with Gasteiger partial charge in [-0.3, -0.25) is 4.79 Å². The Morgan fingerprint density at radius 1 is 1.13 bits per heavy atom. The molecule has 0 saturated carbocycles. The molecule has 1 atom stereocenters. The number of ether oxygens (including phenoxy) is 1. The molecule has 0 radical (unpaired) electrons. The minimum atomic E-state index is -0.300. The summed E-state index contributed by atoms with van der Waals surface area (Å²) < 4.78 is 11.5. The second-order valence-electron chi connectivity index (χ2n) is 7.37. The summed E-state index contributed by atoms with van der Waals surface area (Å²) in [5.41, 5.74) is 1.72. The van der Waals surface area contributed by atoms with Crippen molar-refractivity contribution < 1.29 is 18.7 Å². The highest BCUT2D eigenvalue weighted by Crippen LogP contribution is 2.31. The van der Waals surface area contributed by atoms with Crippen LogP contribution in [0.3, 0.4) is 0 Å². The van der Waals surface area contributed by atoms with Gasteiger partial charge in [0.2, 0.25) is 5.91 Å². The van der Waals surface area contributed by atoms with Gasteiger partial charge < -0.3 is 24.7 Å². The minimum absolute atomic E-state index is 0.163. The summed E-state index contributed by atoms with van der Waals surface area (Å²) in [6.45, 7) is 5.09. The number of para-hydroxylation sites is 1. The number of hydrogen-bond donors (Lipinski definition) is 2. The normalized spacial score (nSPS) is 11.7. The number of nitrogens with one attached hydrogen (secondary N) is 2. The second kappa shape index (κ2) is 10.5. The van der Waals surface area contributed by atoms with Gasteiger partial charge in [-0.25, -0.2) is 4.79 Å². The van der Waals surface area contributed by atoms with E-state index in [0.717, 1.165) is 10.9 Å². The third kappa shape index (κ3) is 6.01. The lowest BCUT2D eigenvalue weighted by Gasteiger charge is -2.18. The Labute approximate surface area is 182 Å². The maximum Gasteiger partial charge on any atom is 0.317 e. The molecule has 7 heteroatoms. The molecule has 2 aromatic carbocycles. The van der Waals surface area contributed by atoms with Gasteiger partial charge in [-0.05, 0) is 31.5 Å². The lowest BCUT2D eigenvalue weighted by molar-refractivity contribution is -0.121. The minimum Gasteiger partial charge on any atom is -0.490 e. The number of rotatable bonds is 9. The first-order valence-electron chi connectivity index (χ1n) is 10.5. The zero-order valence-electron chi connectivity index (χ0n) is 18.2. The van der Waals surface area contributed by atoms with E-state index in [2.05, 4.69) is 10.6 Å². The van der Waals surface area contributed by atoms with E-state index < -0.39 is 0 Å². The summed E-state index contributed by atoms with van der Waals surface area (Å²) in [5, 5.41) is 6.62. The molecule has 0 aliphatic carbocycles. The van der Waals surface area contributed by atoms with Crippen LogP contribution in [0.25, 0.3) is 11.0 Å². The van der Waals surface area contributed by atoms with Crippen molar-refractivity contribution in [3.63, 3.8) is 0 Å². The van der Waals surface area contributed by atoms with Crippen LogP contribution in [0.15, 0.2) is 59.0 Å². The van der Waals surface area contributed by atoms with Gasteiger partial charge in [-0.1, -0.05) is 42.5 Å². The molecule has 1 heterocycles. The maximum atomic E-state index is 12.3. The van der Waals surface area contributed by atoms with Crippen LogP contribution in [-0.2, 0) is 11.3 Å². The Bertz CT molecular complexity index is 1020. The fourth-order valence-corrected chi connectivity index (χ4v) is 3.27. The quantitative estimate of drug-likeness (QED) is 0.539. The molecule has 0 spiro atoms. The van der Waals surface area contributed by atoms with Crippen molar-refractivity contribution in [3.05, 3.63) is 65.9 Å². The van der Waals surface area contributed by atoms with Crippen LogP contribution >= 0.6 is 0 Å². The summed E-state index contributed by atoms with van der Waals surface area (Å²) in [5.74, 6) is 1.18. The third-order valence-electron chi connectivity index (χ3n) is 4.87. The predicted molar refractivity (Wildman–Crippen MR) is 120 cm³/mol. The number of hydrogen-bond acceptors (Lipinski definition) is 4. The topological polar surface area (TPSA) is 83.8 Å². The van der Waals surface area contributed by atoms with Crippen molar-refractivity contribution in [3.8, 4) is 5.75 Å². The molecule has 0 aliphatic rings. The van der Waals surface area contributed by atoms with Crippen molar-refractivity contribution >= 4 is 22.9 Å². The SMILES string of the molecule is CCOc1cccc2cc(C(C)NC(=O)CCNC(=O)N(C)Cc3ccccc3)oc12. The number of nitrogens with zero attached hydrogens (tertiary/aromatic N) is 1. The molecule has 164 valence electrons. The van der Waals surface area contributed by atoms with E-state index >= 15 is 0 Å². The summed E-state index contributed by atoms with van der Waals surface area (Å²) in [6, 6.07) is 16.8. The van der Waals surface area contributed by atoms with Gasteiger partial charge in [0.25, 0.3) is 0 Å². The smallest absolute Gasteiger partial charge is 0.317 e. The van der Waals surface area contributed by atoms with Crippen molar-refractivity contribution in [1.29, 1.82) is 0 Å². The van der Waals surface area contributed by atoms with Gasteiger partial charge in [0, 0.05) is 31.9 Å². The standard InChI is InChI=1S/C24H29N3O4/c1-4-30-20-12-8-11-19-15-21(31-23(19)20)17(2)26-22(28)13-14-25-24(29)27(3)16-18-9-6-5-7-10-18/h5-12,15,17H,4,13-14,16H2,1-3H3,(H,25,29)(H,26,28). The summed E-state index contributed by atoms with van der Waals surface area (Å²) >= 11 is 0. The van der Waals surface area contributed by atoms with Crippen LogP contribution in [0.4, 0.5) is 4.79 Å². The predicted octanol–water partition coefficient (Wildman–Crippen LogP) is 4.24. The Morgan fingerprint density at radius 2 is 1.90 bits per heavy atom. The average molecular weight is 424 g/mol. The Kier molecular flexibility index (Phi) is 7.54. The van der Waals surface area contributed by atoms with Gasteiger partial charge >= 0.3 is 6.03 Å². The van der Waals surface area contributed by atoms with Gasteiger partial charge in [0.1, 0.15) is 5.76 Å². The van der Waals surface area contributed by atoms with E-state index in [1.54, 1.807) is 11.9 Å². The summed E-state index contributed by atoms with van der Waals surface area (Å²) in [7, 11) is 1.72.